The Morgan fingerprint density at radius 2 is 0.632 bits per heavy atom. The zero-order chi connectivity index (χ0) is 54.5. The highest BCUT2D eigenvalue weighted by Crippen LogP contribution is 2.40. The lowest BCUT2D eigenvalue weighted by atomic mass is 10.1. The molecule has 3 aromatic heterocycles. The van der Waals surface area contributed by atoms with Gasteiger partial charge < -0.3 is 30.4 Å². The summed E-state index contributed by atoms with van der Waals surface area (Å²) in [7, 11) is -17.5. The van der Waals surface area contributed by atoms with Crippen molar-refractivity contribution in [1.29, 1.82) is 0 Å². The molecule has 394 valence electrons. The molecule has 76 heavy (non-hydrogen) atoms. The molecule has 0 amide bonds. The number of H-pyrrole nitrogens is 2. The first-order valence-corrected chi connectivity index (χ1v) is 28.1. The van der Waals surface area contributed by atoms with Crippen LogP contribution in [0.3, 0.4) is 0 Å². The van der Waals surface area contributed by atoms with Crippen LogP contribution in [0, 0.1) is 0 Å². The number of sulfonamides is 4. The third-order valence-electron chi connectivity index (χ3n) is 11.5. The van der Waals surface area contributed by atoms with Gasteiger partial charge >= 0.3 is 23.9 Å². The summed E-state index contributed by atoms with van der Waals surface area (Å²) in [5, 5.41) is 37.2. The van der Waals surface area contributed by atoms with E-state index in [1.165, 1.54) is 72.8 Å². The molecular formula is C44H38N12O16S4. The fourth-order valence-electron chi connectivity index (χ4n) is 7.88. The summed E-state index contributed by atoms with van der Waals surface area (Å²) in [5.41, 5.74) is 0.232. The van der Waals surface area contributed by atoms with Crippen LogP contribution in [0.15, 0.2) is 92.4 Å². The zero-order valence-corrected chi connectivity index (χ0v) is 41.9. The van der Waals surface area contributed by atoms with E-state index in [0.29, 0.717) is 0 Å². The van der Waals surface area contributed by atoms with Crippen LogP contribution in [-0.2, 0) is 59.3 Å². The van der Waals surface area contributed by atoms with E-state index in [0.717, 1.165) is 0 Å². The number of carbonyl (C=O) groups is 4. The van der Waals surface area contributed by atoms with Gasteiger partial charge in [0.15, 0.2) is 23.3 Å². The fraction of sp³-hybridized carbons (Fsp3) is 0.182. The average molecular weight is 1120 g/mol. The number of fused-ring (bicyclic) bond motifs is 20. The Labute approximate surface area is 428 Å². The van der Waals surface area contributed by atoms with Gasteiger partial charge in [0.1, 0.15) is 22.6 Å². The van der Waals surface area contributed by atoms with Crippen LogP contribution in [0.25, 0.3) is 89.7 Å². The molecule has 0 atom stereocenters. The molecule has 28 nitrogen and oxygen atoms in total. The third-order valence-corrected chi connectivity index (χ3v) is 17.3. The SMILES string of the molecule is O=C(O)CCNS(=O)(=O)c1ccc2c(c1)-c1nc3nc(nc4[nH]c(nc5[nH]c(nc-2n1)c1cc(S(=O)(=O)NCCC(=O)O)ccc51)c1cc(S(=O)(=O)NCCC(=O)O)ccc41)-c1cc(S(=O)(=O)NCCC(=O)O)ccc1-3. The normalized spacial score (nSPS) is 12.6. The highest BCUT2D eigenvalue weighted by atomic mass is 32.2. The van der Waals surface area contributed by atoms with Crippen molar-refractivity contribution in [2.45, 2.75) is 45.3 Å². The van der Waals surface area contributed by atoms with E-state index in [9.17, 15) is 52.8 Å². The van der Waals surface area contributed by atoms with Crippen molar-refractivity contribution >= 4 is 108 Å². The summed E-state index contributed by atoms with van der Waals surface area (Å²) in [4.78, 5) is 78.2. The molecule has 0 aliphatic carbocycles. The number of nitrogens with zero attached hydrogens (tertiary/aromatic N) is 6. The minimum absolute atomic E-state index is 0.0165. The quantitative estimate of drug-likeness (QED) is 0.0521. The topological polar surface area (TPSA) is 443 Å². The van der Waals surface area contributed by atoms with Gasteiger partial charge in [-0.25, -0.2) is 82.5 Å². The van der Waals surface area contributed by atoms with Crippen LogP contribution >= 0.6 is 0 Å². The van der Waals surface area contributed by atoms with Crippen LogP contribution in [0.4, 0.5) is 0 Å². The minimum Gasteiger partial charge on any atom is -0.481 e. The minimum atomic E-state index is -4.38. The van der Waals surface area contributed by atoms with Gasteiger partial charge in [0.05, 0.1) is 45.3 Å². The summed E-state index contributed by atoms with van der Waals surface area (Å²) in [6, 6.07) is 15.1. The molecule has 32 heteroatoms. The highest BCUT2D eigenvalue weighted by Gasteiger charge is 2.29. The number of hydrogen-bond acceptors (Lipinski definition) is 18. The first-order chi connectivity index (χ1) is 35.9. The van der Waals surface area contributed by atoms with Crippen molar-refractivity contribution in [3.05, 3.63) is 72.8 Å². The number of carboxylic acid groups (broad SMARTS) is 4. The van der Waals surface area contributed by atoms with Gasteiger partial charge in [-0.05, 0) is 72.8 Å². The van der Waals surface area contributed by atoms with Crippen molar-refractivity contribution < 1.29 is 73.3 Å². The summed E-state index contributed by atoms with van der Waals surface area (Å²) >= 11 is 0. The van der Waals surface area contributed by atoms with Gasteiger partial charge in [-0.1, -0.05) is 0 Å². The van der Waals surface area contributed by atoms with E-state index in [1.54, 1.807) is 0 Å². The molecule has 5 heterocycles. The number of hydrogen-bond donors (Lipinski definition) is 10. The van der Waals surface area contributed by atoms with Crippen LogP contribution < -0.4 is 18.9 Å². The molecule has 10 N–H and O–H groups in total. The lowest BCUT2D eigenvalue weighted by Gasteiger charge is -2.08. The maximum Gasteiger partial charge on any atom is 0.304 e. The van der Waals surface area contributed by atoms with Crippen LogP contribution in [0.1, 0.15) is 25.7 Å². The van der Waals surface area contributed by atoms with Crippen molar-refractivity contribution in [3.63, 3.8) is 0 Å². The Bertz CT molecular complexity index is 4300. The predicted molar refractivity (Wildman–Crippen MR) is 266 cm³/mol. The zero-order valence-electron chi connectivity index (χ0n) is 38.6. The van der Waals surface area contributed by atoms with E-state index in [4.69, 9.17) is 40.4 Å². The largest absolute Gasteiger partial charge is 0.481 e. The van der Waals surface area contributed by atoms with E-state index in [-0.39, 0.29) is 109 Å². The number of aliphatic carboxylic acids is 4. The van der Waals surface area contributed by atoms with Crippen LogP contribution in [0.2, 0.25) is 0 Å². The van der Waals surface area contributed by atoms with Gasteiger partial charge in [0.25, 0.3) is 0 Å². The van der Waals surface area contributed by atoms with E-state index in [1.807, 2.05) is 0 Å². The predicted octanol–water partition coefficient (Wildman–Crippen LogP) is 1.88. The Morgan fingerprint density at radius 1 is 0.355 bits per heavy atom. The summed E-state index contributed by atoms with van der Waals surface area (Å²) in [6.07, 6.45) is -2.14. The molecule has 0 unspecified atom stereocenters. The smallest absolute Gasteiger partial charge is 0.304 e. The number of rotatable bonds is 20. The molecule has 4 aromatic carbocycles. The molecule has 0 saturated heterocycles. The van der Waals surface area contributed by atoms with Gasteiger partial charge in [0.2, 0.25) is 40.1 Å². The lowest BCUT2D eigenvalue weighted by molar-refractivity contribution is -0.137. The van der Waals surface area contributed by atoms with Gasteiger partial charge in [-0.2, -0.15) is 0 Å². The Morgan fingerprint density at radius 3 is 1.00 bits per heavy atom. The summed E-state index contributed by atoms with van der Waals surface area (Å²) in [5.74, 6) is -5.72. The van der Waals surface area contributed by atoms with Crippen molar-refractivity contribution in [2.75, 3.05) is 26.2 Å². The number of nitrogens with one attached hydrogen (secondary N) is 6. The maximum absolute atomic E-state index is 13.5. The number of aromatic nitrogens is 8. The molecule has 7 aromatic rings. The maximum atomic E-state index is 13.5. The number of benzene rings is 4. The summed E-state index contributed by atoms with van der Waals surface area (Å²) < 4.78 is 117. The molecule has 2 aliphatic rings. The molecule has 2 aliphatic heterocycles. The molecular weight excluding hydrogens is 1080 g/mol. The Balaban J connectivity index is 1.36. The number of carboxylic acids is 4. The molecule has 0 spiro atoms. The molecule has 0 radical (unpaired) electrons. The molecule has 8 bridgehead atoms. The van der Waals surface area contributed by atoms with Crippen molar-refractivity contribution in [3.8, 4) is 45.6 Å². The molecule has 9 rings (SSSR count). The van der Waals surface area contributed by atoms with Gasteiger partial charge in [0, 0.05) is 70.0 Å². The van der Waals surface area contributed by atoms with Crippen molar-refractivity contribution in [2.24, 2.45) is 0 Å². The first-order valence-electron chi connectivity index (χ1n) is 22.1. The Hall–Kier alpha value is -8.24. The van der Waals surface area contributed by atoms with Crippen LogP contribution in [-0.4, -0.2) is 144 Å². The fourth-order valence-corrected chi connectivity index (χ4v) is 12.1. The standard InChI is InChI=1S/C44H38N12O16S4/c57-33(58)9-13-45-73(65,66)21-1-5-25-29(17-21)41-49-37(25)53-42-30-18-22(74(67,68)46-14-10-34(59)60)2-6-26(30)39(50-42)55-44-32-20-24(76(71,72)48-16-12-36(63)64)4-8-28(32)40(52-44)56-43-31-19-23(3-7-27(31)38(51-43)54-41)75(69,70)47-15-11-35(61)62/h1-8,17-20,45-48H,9-16H2,(H,57,58)(H,59,60)(H,61,62)(H,63,64)(H2,49,50,51,52,53,54,55,56). The third kappa shape index (κ3) is 10.8. The average Bonchev–Trinajstić information content (AvgIpc) is 4.10. The van der Waals surface area contributed by atoms with Crippen LogP contribution in [0.5, 0.6) is 0 Å². The Kier molecular flexibility index (Phi) is 13.9. The van der Waals surface area contributed by atoms with Gasteiger partial charge in [-0.15, -0.1) is 0 Å². The number of aromatic amines is 2. The second kappa shape index (κ2) is 20.1. The van der Waals surface area contributed by atoms with Crippen molar-refractivity contribution in [1.82, 2.24) is 58.8 Å². The highest BCUT2D eigenvalue weighted by molar-refractivity contribution is 7.90. The van der Waals surface area contributed by atoms with Gasteiger partial charge in [-0.3, -0.25) is 19.2 Å². The first kappa shape index (κ1) is 52.6. The molecule has 0 fully saturated rings. The second-order valence-electron chi connectivity index (χ2n) is 16.6. The second-order valence-corrected chi connectivity index (χ2v) is 23.7. The van der Waals surface area contributed by atoms with E-state index >= 15 is 0 Å². The monoisotopic (exact) mass is 1120 g/mol. The summed E-state index contributed by atoms with van der Waals surface area (Å²) in [6.45, 7) is -1.83. The lowest BCUT2D eigenvalue weighted by Crippen LogP contribution is -2.26. The van der Waals surface area contributed by atoms with E-state index in [2.05, 4.69) is 38.8 Å². The van der Waals surface area contributed by atoms with E-state index < -0.39 is 116 Å². The molecule has 0 saturated carbocycles.